The van der Waals surface area contributed by atoms with Crippen molar-refractivity contribution in [1.29, 1.82) is 5.41 Å². The molecule has 1 aromatic rings. The summed E-state index contributed by atoms with van der Waals surface area (Å²) in [4.78, 5) is 2.32. The minimum Gasteiger partial charge on any atom is -0.388 e. The Morgan fingerprint density at radius 1 is 1.45 bits per heavy atom. The highest BCUT2D eigenvalue weighted by molar-refractivity contribution is 5.77. The third-order valence-electron chi connectivity index (χ3n) is 3.93. The van der Waals surface area contributed by atoms with Gasteiger partial charge < -0.3 is 10.5 Å². The lowest BCUT2D eigenvalue weighted by molar-refractivity contribution is 0.0364. The van der Waals surface area contributed by atoms with E-state index in [0.717, 1.165) is 26.2 Å². The first kappa shape index (κ1) is 15.0. The fourth-order valence-corrected chi connectivity index (χ4v) is 2.90. The van der Waals surface area contributed by atoms with Gasteiger partial charge in [-0.25, -0.2) is 0 Å². The number of hydrogen-bond acceptors (Lipinski definition) is 3. The SMILES string of the molecule is CN(CC1CCCOC1)C(CC(=N)N)c1ccccc1. The standard InChI is InChI=1S/C16H25N3O/c1-19(11-13-6-5-9-20-12-13)15(10-16(17)18)14-7-3-2-4-8-14/h2-4,7-8,13,15H,5-6,9-12H2,1H3,(H3,17,18). The fourth-order valence-electron chi connectivity index (χ4n) is 2.90. The summed E-state index contributed by atoms with van der Waals surface area (Å²) in [5.41, 5.74) is 6.86. The van der Waals surface area contributed by atoms with E-state index >= 15 is 0 Å². The van der Waals surface area contributed by atoms with Gasteiger partial charge >= 0.3 is 0 Å². The van der Waals surface area contributed by atoms with Crippen LogP contribution in [0.1, 0.15) is 30.9 Å². The van der Waals surface area contributed by atoms with Crippen molar-refractivity contribution in [2.45, 2.75) is 25.3 Å². The highest BCUT2D eigenvalue weighted by Gasteiger charge is 2.22. The van der Waals surface area contributed by atoms with Crippen molar-refractivity contribution in [2.24, 2.45) is 11.7 Å². The first-order chi connectivity index (χ1) is 9.66. The minimum atomic E-state index is 0.177. The molecule has 0 saturated carbocycles. The van der Waals surface area contributed by atoms with Crippen LogP contribution in [0.5, 0.6) is 0 Å². The molecular formula is C16H25N3O. The van der Waals surface area contributed by atoms with E-state index in [4.69, 9.17) is 15.9 Å². The number of ether oxygens (including phenoxy) is 1. The number of benzene rings is 1. The number of nitrogens with zero attached hydrogens (tertiary/aromatic N) is 1. The Morgan fingerprint density at radius 2 is 2.20 bits per heavy atom. The fraction of sp³-hybridized carbons (Fsp3) is 0.562. The van der Waals surface area contributed by atoms with E-state index < -0.39 is 0 Å². The molecule has 20 heavy (non-hydrogen) atoms. The lowest BCUT2D eigenvalue weighted by atomic mass is 9.97. The maximum atomic E-state index is 7.61. The molecule has 4 heteroatoms. The quantitative estimate of drug-likeness (QED) is 0.619. The summed E-state index contributed by atoms with van der Waals surface area (Å²) in [6, 6.07) is 10.5. The second kappa shape index (κ2) is 7.41. The van der Waals surface area contributed by atoms with E-state index in [0.29, 0.717) is 12.3 Å². The zero-order valence-corrected chi connectivity index (χ0v) is 12.2. The van der Waals surface area contributed by atoms with Crippen molar-refractivity contribution in [3.05, 3.63) is 35.9 Å². The Balaban J connectivity index is 2.03. The van der Waals surface area contributed by atoms with Gasteiger partial charge in [0.05, 0.1) is 12.4 Å². The van der Waals surface area contributed by atoms with Crippen molar-refractivity contribution in [1.82, 2.24) is 4.90 Å². The molecule has 0 bridgehead atoms. The molecule has 1 aromatic carbocycles. The highest BCUT2D eigenvalue weighted by atomic mass is 16.5. The van der Waals surface area contributed by atoms with Crippen molar-refractivity contribution in [3.63, 3.8) is 0 Å². The van der Waals surface area contributed by atoms with Crippen LogP contribution in [0.2, 0.25) is 0 Å². The molecule has 0 radical (unpaired) electrons. The summed E-state index contributed by atoms with van der Waals surface area (Å²) in [6.07, 6.45) is 2.96. The number of nitrogens with two attached hydrogens (primary N) is 1. The summed E-state index contributed by atoms with van der Waals surface area (Å²) < 4.78 is 5.56. The molecule has 2 unspecified atom stereocenters. The molecule has 0 aliphatic carbocycles. The molecule has 1 aliphatic heterocycles. The van der Waals surface area contributed by atoms with Crippen LogP contribution in [0.4, 0.5) is 0 Å². The molecule has 0 spiro atoms. The predicted octanol–water partition coefficient (Wildman–Crippen LogP) is 2.41. The molecule has 1 saturated heterocycles. The van der Waals surface area contributed by atoms with Gasteiger partial charge in [-0.2, -0.15) is 0 Å². The Labute approximate surface area is 121 Å². The smallest absolute Gasteiger partial charge is 0.0924 e. The molecule has 0 aromatic heterocycles. The van der Waals surface area contributed by atoms with Crippen LogP contribution < -0.4 is 5.73 Å². The van der Waals surface area contributed by atoms with Crippen LogP contribution in [-0.2, 0) is 4.74 Å². The van der Waals surface area contributed by atoms with Gasteiger partial charge in [0.25, 0.3) is 0 Å². The zero-order valence-electron chi connectivity index (χ0n) is 12.2. The second-order valence-corrected chi connectivity index (χ2v) is 5.68. The second-order valence-electron chi connectivity index (χ2n) is 5.68. The Kier molecular flexibility index (Phi) is 5.56. The minimum absolute atomic E-state index is 0.177. The van der Waals surface area contributed by atoms with Gasteiger partial charge in [-0.3, -0.25) is 10.3 Å². The van der Waals surface area contributed by atoms with Gasteiger partial charge in [-0.05, 0) is 31.4 Å². The Morgan fingerprint density at radius 3 is 2.80 bits per heavy atom. The molecule has 0 amide bonds. The van der Waals surface area contributed by atoms with E-state index in [2.05, 4.69) is 24.1 Å². The summed E-state index contributed by atoms with van der Waals surface area (Å²) in [5, 5.41) is 7.61. The molecular weight excluding hydrogens is 250 g/mol. The Bertz CT molecular complexity index is 415. The largest absolute Gasteiger partial charge is 0.388 e. The molecule has 4 nitrogen and oxygen atoms in total. The van der Waals surface area contributed by atoms with E-state index in [1.54, 1.807) is 0 Å². The summed E-state index contributed by atoms with van der Waals surface area (Å²) in [5.74, 6) is 0.831. The lowest BCUT2D eigenvalue weighted by Gasteiger charge is -2.33. The highest BCUT2D eigenvalue weighted by Crippen LogP contribution is 2.25. The van der Waals surface area contributed by atoms with Crippen LogP contribution in [-0.4, -0.2) is 37.5 Å². The summed E-state index contributed by atoms with van der Waals surface area (Å²) >= 11 is 0. The summed E-state index contributed by atoms with van der Waals surface area (Å²) in [7, 11) is 2.12. The van der Waals surface area contributed by atoms with Gasteiger partial charge in [0.15, 0.2) is 0 Å². The zero-order chi connectivity index (χ0) is 14.4. The van der Waals surface area contributed by atoms with Crippen molar-refractivity contribution in [2.75, 3.05) is 26.8 Å². The van der Waals surface area contributed by atoms with Crippen molar-refractivity contribution < 1.29 is 4.74 Å². The Hall–Kier alpha value is -1.39. The van der Waals surface area contributed by atoms with Crippen molar-refractivity contribution in [3.8, 4) is 0 Å². The van der Waals surface area contributed by atoms with Crippen LogP contribution >= 0.6 is 0 Å². The molecule has 2 atom stereocenters. The first-order valence-corrected chi connectivity index (χ1v) is 7.32. The number of hydrogen-bond donors (Lipinski definition) is 2. The summed E-state index contributed by atoms with van der Waals surface area (Å²) in [6.45, 7) is 2.74. The molecule has 1 fully saturated rings. The predicted molar refractivity (Wildman–Crippen MR) is 81.9 cm³/mol. The van der Waals surface area contributed by atoms with Crippen LogP contribution in [0.15, 0.2) is 30.3 Å². The average molecular weight is 275 g/mol. The number of rotatable bonds is 6. The van der Waals surface area contributed by atoms with Gasteiger partial charge in [-0.1, -0.05) is 30.3 Å². The van der Waals surface area contributed by atoms with E-state index in [1.165, 1.54) is 12.0 Å². The molecule has 3 N–H and O–H groups in total. The van der Waals surface area contributed by atoms with Crippen LogP contribution in [0.25, 0.3) is 0 Å². The molecule has 1 heterocycles. The van der Waals surface area contributed by atoms with Gasteiger partial charge in [0.1, 0.15) is 0 Å². The van der Waals surface area contributed by atoms with Gasteiger partial charge in [0.2, 0.25) is 0 Å². The van der Waals surface area contributed by atoms with Crippen molar-refractivity contribution >= 4 is 5.84 Å². The molecule has 2 rings (SSSR count). The third kappa shape index (κ3) is 4.32. The normalized spacial score (nSPS) is 20.8. The molecule has 1 aliphatic rings. The third-order valence-corrected chi connectivity index (χ3v) is 3.93. The van der Waals surface area contributed by atoms with Gasteiger partial charge in [0, 0.05) is 25.6 Å². The lowest BCUT2D eigenvalue weighted by Crippen LogP contribution is -2.35. The first-order valence-electron chi connectivity index (χ1n) is 7.32. The van der Waals surface area contributed by atoms with Gasteiger partial charge in [-0.15, -0.1) is 0 Å². The van der Waals surface area contributed by atoms with Crippen LogP contribution in [0.3, 0.4) is 0 Å². The maximum Gasteiger partial charge on any atom is 0.0924 e. The van der Waals surface area contributed by atoms with E-state index in [1.807, 2.05) is 18.2 Å². The van der Waals surface area contributed by atoms with Crippen LogP contribution in [0, 0.1) is 11.3 Å². The monoisotopic (exact) mass is 275 g/mol. The number of amidine groups is 1. The topological polar surface area (TPSA) is 62.3 Å². The average Bonchev–Trinajstić information content (AvgIpc) is 2.46. The number of nitrogens with one attached hydrogen (secondary N) is 1. The molecule has 110 valence electrons. The maximum absolute atomic E-state index is 7.61. The van der Waals surface area contributed by atoms with E-state index in [-0.39, 0.29) is 11.9 Å². The van der Waals surface area contributed by atoms with E-state index in [9.17, 15) is 0 Å².